The fraction of sp³-hybridized carbons (Fsp3) is 0. The molecular formula is C9H7FN2O2. The van der Waals surface area contributed by atoms with Gasteiger partial charge in [0.2, 0.25) is 5.84 Å². The van der Waals surface area contributed by atoms with Gasteiger partial charge in [0.1, 0.15) is 11.4 Å². The van der Waals surface area contributed by atoms with Gasteiger partial charge in [-0.05, 0) is 18.2 Å². The van der Waals surface area contributed by atoms with Crippen molar-refractivity contribution in [2.45, 2.75) is 0 Å². The summed E-state index contributed by atoms with van der Waals surface area (Å²) in [7, 11) is 0. The van der Waals surface area contributed by atoms with Gasteiger partial charge < -0.3 is 15.4 Å². The molecule has 4 nitrogen and oxygen atoms in total. The summed E-state index contributed by atoms with van der Waals surface area (Å²) < 4.78 is 18.3. The Morgan fingerprint density at radius 2 is 2.29 bits per heavy atom. The normalized spacial score (nSPS) is 12.2. The van der Waals surface area contributed by atoms with Crippen LogP contribution in [-0.2, 0) is 0 Å². The fourth-order valence-corrected chi connectivity index (χ4v) is 1.20. The molecule has 0 atom stereocenters. The number of halogens is 1. The van der Waals surface area contributed by atoms with Gasteiger partial charge in [0.05, 0.1) is 5.39 Å². The molecule has 1 aromatic carbocycles. The largest absolute Gasteiger partial charge is 0.453 e. The van der Waals surface area contributed by atoms with Crippen LogP contribution in [-0.4, -0.2) is 11.0 Å². The molecule has 0 aliphatic carbocycles. The highest BCUT2D eigenvalue weighted by Crippen LogP contribution is 2.21. The van der Waals surface area contributed by atoms with E-state index in [-0.39, 0.29) is 11.6 Å². The first-order valence-corrected chi connectivity index (χ1v) is 3.88. The van der Waals surface area contributed by atoms with Crippen LogP contribution in [0.4, 0.5) is 4.39 Å². The first-order valence-electron chi connectivity index (χ1n) is 3.88. The van der Waals surface area contributed by atoms with Crippen LogP contribution in [0.2, 0.25) is 0 Å². The second kappa shape index (κ2) is 3.02. The SMILES string of the molecule is NC(=NO)c1cc2c(F)cccc2o1. The lowest BCUT2D eigenvalue weighted by Crippen LogP contribution is -2.11. The van der Waals surface area contributed by atoms with Crippen LogP contribution in [0.1, 0.15) is 5.76 Å². The first kappa shape index (κ1) is 8.55. The van der Waals surface area contributed by atoms with Crippen molar-refractivity contribution < 1.29 is 14.0 Å². The summed E-state index contributed by atoms with van der Waals surface area (Å²) in [6.07, 6.45) is 0. The summed E-state index contributed by atoms with van der Waals surface area (Å²) in [6, 6.07) is 5.83. The van der Waals surface area contributed by atoms with E-state index in [1.54, 1.807) is 6.07 Å². The highest BCUT2D eigenvalue weighted by molar-refractivity contribution is 5.98. The highest BCUT2D eigenvalue weighted by atomic mass is 19.1. The Morgan fingerprint density at radius 3 is 2.93 bits per heavy atom. The van der Waals surface area contributed by atoms with Crippen LogP contribution in [0.15, 0.2) is 33.8 Å². The Hall–Kier alpha value is -2.04. The molecule has 1 aromatic heterocycles. The number of nitrogens with zero attached hydrogens (tertiary/aromatic N) is 1. The van der Waals surface area contributed by atoms with E-state index >= 15 is 0 Å². The molecule has 0 saturated carbocycles. The second-order valence-corrected chi connectivity index (χ2v) is 2.75. The van der Waals surface area contributed by atoms with E-state index in [0.717, 1.165) is 0 Å². The Morgan fingerprint density at radius 1 is 1.50 bits per heavy atom. The molecule has 72 valence electrons. The average Bonchev–Trinajstić information content (AvgIpc) is 2.62. The minimum atomic E-state index is -0.400. The van der Waals surface area contributed by atoms with E-state index in [1.165, 1.54) is 18.2 Å². The van der Waals surface area contributed by atoms with Crippen molar-refractivity contribution in [1.82, 2.24) is 0 Å². The van der Waals surface area contributed by atoms with Gasteiger partial charge in [0, 0.05) is 0 Å². The van der Waals surface area contributed by atoms with Gasteiger partial charge in [0.15, 0.2) is 5.76 Å². The smallest absolute Gasteiger partial charge is 0.205 e. The monoisotopic (exact) mass is 194 g/mol. The van der Waals surface area contributed by atoms with E-state index in [2.05, 4.69) is 5.16 Å². The average molecular weight is 194 g/mol. The zero-order valence-electron chi connectivity index (χ0n) is 7.07. The maximum absolute atomic E-state index is 13.2. The van der Waals surface area contributed by atoms with Gasteiger partial charge in [-0.3, -0.25) is 0 Å². The van der Waals surface area contributed by atoms with Gasteiger partial charge in [-0.15, -0.1) is 0 Å². The van der Waals surface area contributed by atoms with Gasteiger partial charge in [0.25, 0.3) is 0 Å². The van der Waals surface area contributed by atoms with Crippen molar-refractivity contribution >= 4 is 16.8 Å². The number of benzene rings is 1. The maximum atomic E-state index is 13.2. The Labute approximate surface area is 78.4 Å². The predicted octanol–water partition coefficient (Wildman–Crippen LogP) is 1.67. The molecule has 0 radical (unpaired) electrons. The molecule has 0 amide bonds. The molecule has 0 aliphatic rings. The van der Waals surface area contributed by atoms with E-state index in [0.29, 0.717) is 11.0 Å². The molecule has 0 fully saturated rings. The number of rotatable bonds is 1. The van der Waals surface area contributed by atoms with Crippen LogP contribution in [0.3, 0.4) is 0 Å². The van der Waals surface area contributed by atoms with E-state index in [9.17, 15) is 4.39 Å². The highest BCUT2D eigenvalue weighted by Gasteiger charge is 2.10. The molecule has 5 heteroatoms. The maximum Gasteiger partial charge on any atom is 0.205 e. The lowest BCUT2D eigenvalue weighted by Gasteiger charge is -1.88. The number of oxime groups is 1. The van der Waals surface area contributed by atoms with Gasteiger partial charge >= 0.3 is 0 Å². The third-order valence-electron chi connectivity index (χ3n) is 1.87. The van der Waals surface area contributed by atoms with Crippen molar-refractivity contribution in [2.24, 2.45) is 10.9 Å². The number of amidine groups is 1. The Bertz CT molecular complexity index is 504. The van der Waals surface area contributed by atoms with Gasteiger partial charge in [-0.25, -0.2) is 4.39 Å². The third-order valence-corrected chi connectivity index (χ3v) is 1.87. The molecule has 0 aliphatic heterocycles. The fourth-order valence-electron chi connectivity index (χ4n) is 1.20. The standard InChI is InChI=1S/C9H7FN2O2/c10-6-2-1-3-7-5(6)4-8(14-7)9(11)12-13/h1-4,13H,(H2,11,12). The van der Waals surface area contributed by atoms with Crippen molar-refractivity contribution in [3.63, 3.8) is 0 Å². The summed E-state index contributed by atoms with van der Waals surface area (Å²) in [5, 5.41) is 11.5. The zero-order chi connectivity index (χ0) is 10.1. The summed E-state index contributed by atoms with van der Waals surface area (Å²) in [6.45, 7) is 0. The molecule has 14 heavy (non-hydrogen) atoms. The van der Waals surface area contributed by atoms with E-state index < -0.39 is 5.82 Å². The third kappa shape index (κ3) is 1.19. The van der Waals surface area contributed by atoms with Crippen LogP contribution < -0.4 is 5.73 Å². The minimum Gasteiger partial charge on any atom is -0.453 e. The molecule has 0 unspecified atom stereocenters. The number of nitrogens with two attached hydrogens (primary N) is 1. The summed E-state index contributed by atoms with van der Waals surface area (Å²) in [5.74, 6) is -0.434. The van der Waals surface area contributed by atoms with Crippen molar-refractivity contribution in [1.29, 1.82) is 0 Å². The molecule has 3 N–H and O–H groups in total. The molecule has 0 spiro atoms. The Balaban J connectivity index is 2.68. The summed E-state index contributed by atoms with van der Waals surface area (Å²) in [5.41, 5.74) is 5.66. The lowest BCUT2D eigenvalue weighted by atomic mass is 10.2. The number of hydrogen-bond acceptors (Lipinski definition) is 3. The van der Waals surface area contributed by atoms with Crippen LogP contribution in [0, 0.1) is 5.82 Å². The molecule has 0 bridgehead atoms. The van der Waals surface area contributed by atoms with Gasteiger partial charge in [-0.2, -0.15) is 0 Å². The molecule has 1 heterocycles. The van der Waals surface area contributed by atoms with Crippen molar-refractivity contribution in [2.75, 3.05) is 0 Å². The number of fused-ring (bicyclic) bond motifs is 1. The summed E-state index contributed by atoms with van der Waals surface area (Å²) in [4.78, 5) is 0. The van der Waals surface area contributed by atoms with Crippen molar-refractivity contribution in [3.05, 3.63) is 35.8 Å². The van der Waals surface area contributed by atoms with E-state index in [1.807, 2.05) is 0 Å². The van der Waals surface area contributed by atoms with Crippen LogP contribution >= 0.6 is 0 Å². The van der Waals surface area contributed by atoms with E-state index in [4.69, 9.17) is 15.4 Å². The zero-order valence-corrected chi connectivity index (χ0v) is 7.07. The minimum absolute atomic E-state index is 0.146. The van der Waals surface area contributed by atoms with Crippen LogP contribution in [0.25, 0.3) is 11.0 Å². The summed E-state index contributed by atoms with van der Waals surface area (Å²) >= 11 is 0. The topological polar surface area (TPSA) is 71.8 Å². The quantitative estimate of drug-likeness (QED) is 0.314. The predicted molar refractivity (Wildman–Crippen MR) is 48.7 cm³/mol. The molecular weight excluding hydrogens is 187 g/mol. The lowest BCUT2D eigenvalue weighted by molar-refractivity contribution is 0.317. The Kier molecular flexibility index (Phi) is 1.85. The molecule has 2 rings (SSSR count). The van der Waals surface area contributed by atoms with Crippen molar-refractivity contribution in [3.8, 4) is 0 Å². The number of furan rings is 1. The number of hydrogen-bond donors (Lipinski definition) is 2. The first-order chi connectivity index (χ1) is 6.72. The second-order valence-electron chi connectivity index (χ2n) is 2.75. The molecule has 2 aromatic rings. The van der Waals surface area contributed by atoms with Crippen LogP contribution in [0.5, 0.6) is 0 Å². The molecule has 0 saturated heterocycles. The van der Waals surface area contributed by atoms with Gasteiger partial charge in [-0.1, -0.05) is 11.2 Å².